The summed E-state index contributed by atoms with van der Waals surface area (Å²) in [5.74, 6) is 0.363. The zero-order valence-corrected chi connectivity index (χ0v) is 16.1. The fraction of sp³-hybridized carbons (Fsp3) is 0.632. The summed E-state index contributed by atoms with van der Waals surface area (Å²) in [6, 6.07) is 5.17. The minimum atomic E-state index is -3.61. The first-order chi connectivity index (χ1) is 12.4. The lowest BCUT2D eigenvalue weighted by molar-refractivity contribution is -0.136. The Morgan fingerprint density at radius 1 is 1.31 bits per heavy atom. The monoisotopic (exact) mass is 380 g/mol. The second-order valence-corrected chi connectivity index (χ2v) is 9.22. The Morgan fingerprint density at radius 2 is 2.04 bits per heavy atom. The normalized spacial score (nSPS) is 19.4. The first-order valence-electron chi connectivity index (χ1n) is 9.45. The Balaban J connectivity index is 1.71. The van der Waals surface area contributed by atoms with E-state index in [9.17, 15) is 18.3 Å². The SMILES string of the molecule is C[C@@H](O)CCNS(=O)(=O)c1ccc2c(c1)CN(C(=O)C1CCCC1)CC2. The number of benzene rings is 1. The number of hydrogen-bond acceptors (Lipinski definition) is 4. The van der Waals surface area contributed by atoms with Crippen LogP contribution in [-0.4, -0.2) is 43.5 Å². The third kappa shape index (κ3) is 4.45. The van der Waals surface area contributed by atoms with E-state index in [0.29, 0.717) is 19.5 Å². The van der Waals surface area contributed by atoms with Crippen molar-refractivity contribution in [1.29, 1.82) is 0 Å². The number of rotatable bonds is 6. The van der Waals surface area contributed by atoms with E-state index in [1.54, 1.807) is 19.1 Å². The second kappa shape index (κ2) is 8.06. The molecule has 0 spiro atoms. The van der Waals surface area contributed by atoms with Crippen molar-refractivity contribution in [3.63, 3.8) is 0 Å². The van der Waals surface area contributed by atoms with Crippen LogP contribution in [0.3, 0.4) is 0 Å². The van der Waals surface area contributed by atoms with Crippen LogP contribution in [0.4, 0.5) is 0 Å². The van der Waals surface area contributed by atoms with E-state index in [2.05, 4.69) is 4.72 Å². The third-order valence-electron chi connectivity index (χ3n) is 5.37. The number of fused-ring (bicyclic) bond motifs is 1. The highest BCUT2D eigenvalue weighted by Gasteiger charge is 2.29. The van der Waals surface area contributed by atoms with Gasteiger partial charge in [0, 0.05) is 25.6 Å². The number of amides is 1. The van der Waals surface area contributed by atoms with Crippen molar-refractivity contribution in [2.24, 2.45) is 5.92 Å². The van der Waals surface area contributed by atoms with Crippen molar-refractivity contribution in [2.75, 3.05) is 13.1 Å². The molecule has 1 aliphatic carbocycles. The van der Waals surface area contributed by atoms with Crippen LogP contribution < -0.4 is 4.72 Å². The Kier molecular flexibility index (Phi) is 5.99. The van der Waals surface area contributed by atoms with Gasteiger partial charge in [0.15, 0.2) is 0 Å². The number of aliphatic hydroxyl groups is 1. The Labute approximate surface area is 155 Å². The molecule has 1 amide bonds. The fourth-order valence-corrected chi connectivity index (χ4v) is 4.90. The van der Waals surface area contributed by atoms with E-state index in [1.807, 2.05) is 11.0 Å². The number of aliphatic hydroxyl groups excluding tert-OH is 1. The first-order valence-corrected chi connectivity index (χ1v) is 10.9. The zero-order valence-electron chi connectivity index (χ0n) is 15.3. The summed E-state index contributed by atoms with van der Waals surface area (Å²) in [4.78, 5) is 14.8. The van der Waals surface area contributed by atoms with E-state index >= 15 is 0 Å². The van der Waals surface area contributed by atoms with Crippen LogP contribution in [-0.2, 0) is 27.8 Å². The number of hydrogen-bond donors (Lipinski definition) is 2. The molecule has 0 aromatic heterocycles. The van der Waals surface area contributed by atoms with Gasteiger partial charge in [-0.1, -0.05) is 18.9 Å². The van der Waals surface area contributed by atoms with Gasteiger partial charge in [-0.3, -0.25) is 4.79 Å². The molecule has 1 heterocycles. The van der Waals surface area contributed by atoms with Gasteiger partial charge in [-0.15, -0.1) is 0 Å². The molecule has 3 rings (SSSR count). The zero-order chi connectivity index (χ0) is 18.7. The molecule has 1 fully saturated rings. The van der Waals surface area contributed by atoms with E-state index in [0.717, 1.165) is 43.2 Å². The van der Waals surface area contributed by atoms with Crippen LogP contribution in [0.1, 0.15) is 50.2 Å². The molecule has 0 bridgehead atoms. The Morgan fingerprint density at radius 3 is 2.73 bits per heavy atom. The van der Waals surface area contributed by atoms with Gasteiger partial charge >= 0.3 is 0 Å². The van der Waals surface area contributed by atoms with Gasteiger partial charge in [-0.25, -0.2) is 13.1 Å². The minimum absolute atomic E-state index is 0.144. The van der Waals surface area contributed by atoms with Crippen LogP contribution in [0.15, 0.2) is 23.1 Å². The number of nitrogens with zero attached hydrogens (tertiary/aromatic N) is 1. The maximum absolute atomic E-state index is 12.7. The molecule has 2 N–H and O–H groups in total. The van der Waals surface area contributed by atoms with Gasteiger partial charge in [0.25, 0.3) is 0 Å². The summed E-state index contributed by atoms with van der Waals surface area (Å²) < 4.78 is 27.4. The predicted octanol–water partition coefficient (Wildman–Crippen LogP) is 1.81. The summed E-state index contributed by atoms with van der Waals surface area (Å²) in [6.07, 6.45) is 4.80. The molecule has 1 atom stereocenters. The highest BCUT2D eigenvalue weighted by atomic mass is 32.2. The van der Waals surface area contributed by atoms with Gasteiger partial charge < -0.3 is 10.0 Å². The van der Waals surface area contributed by atoms with Gasteiger partial charge in [0.05, 0.1) is 11.0 Å². The molecule has 7 heteroatoms. The molecule has 6 nitrogen and oxygen atoms in total. The first kappa shape index (κ1) is 19.3. The largest absolute Gasteiger partial charge is 0.393 e. The van der Waals surface area contributed by atoms with Crippen LogP contribution >= 0.6 is 0 Å². The van der Waals surface area contributed by atoms with E-state index in [1.165, 1.54) is 0 Å². The highest BCUT2D eigenvalue weighted by Crippen LogP contribution is 2.29. The molecule has 2 aliphatic rings. The summed E-state index contributed by atoms with van der Waals surface area (Å²) in [5.41, 5.74) is 2.03. The molecule has 1 aromatic carbocycles. The summed E-state index contributed by atoms with van der Waals surface area (Å²) >= 11 is 0. The molecule has 0 radical (unpaired) electrons. The highest BCUT2D eigenvalue weighted by molar-refractivity contribution is 7.89. The van der Waals surface area contributed by atoms with Crippen molar-refractivity contribution >= 4 is 15.9 Å². The van der Waals surface area contributed by atoms with Crippen molar-refractivity contribution in [3.05, 3.63) is 29.3 Å². The van der Waals surface area contributed by atoms with Crippen LogP contribution in [0.2, 0.25) is 0 Å². The second-order valence-electron chi connectivity index (χ2n) is 7.46. The number of sulfonamides is 1. The number of carbonyl (C=O) groups is 1. The van der Waals surface area contributed by atoms with Crippen LogP contribution in [0, 0.1) is 5.92 Å². The van der Waals surface area contributed by atoms with Crippen molar-refractivity contribution in [2.45, 2.75) is 63.0 Å². The molecular formula is C19H28N2O4S. The van der Waals surface area contributed by atoms with E-state index in [-0.39, 0.29) is 23.3 Å². The third-order valence-corrected chi connectivity index (χ3v) is 6.83. The van der Waals surface area contributed by atoms with Crippen molar-refractivity contribution < 1.29 is 18.3 Å². The van der Waals surface area contributed by atoms with Gasteiger partial charge in [-0.2, -0.15) is 0 Å². The van der Waals surface area contributed by atoms with Crippen LogP contribution in [0.25, 0.3) is 0 Å². The minimum Gasteiger partial charge on any atom is -0.393 e. The number of nitrogens with one attached hydrogen (secondary N) is 1. The predicted molar refractivity (Wildman–Crippen MR) is 99.0 cm³/mol. The topological polar surface area (TPSA) is 86.7 Å². The van der Waals surface area contributed by atoms with Gasteiger partial charge in [0.2, 0.25) is 15.9 Å². The number of carbonyl (C=O) groups excluding carboxylic acids is 1. The van der Waals surface area contributed by atoms with Crippen LogP contribution in [0.5, 0.6) is 0 Å². The van der Waals surface area contributed by atoms with E-state index in [4.69, 9.17) is 0 Å². The molecule has 26 heavy (non-hydrogen) atoms. The van der Waals surface area contributed by atoms with Gasteiger partial charge in [-0.05, 0) is 55.9 Å². The molecular weight excluding hydrogens is 352 g/mol. The van der Waals surface area contributed by atoms with Gasteiger partial charge in [0.1, 0.15) is 0 Å². The fourth-order valence-electron chi connectivity index (χ4n) is 3.81. The van der Waals surface area contributed by atoms with E-state index < -0.39 is 16.1 Å². The maximum atomic E-state index is 12.7. The van der Waals surface area contributed by atoms with Crippen molar-refractivity contribution in [1.82, 2.24) is 9.62 Å². The molecule has 1 saturated carbocycles. The summed E-state index contributed by atoms with van der Waals surface area (Å²) in [5, 5.41) is 9.28. The Bertz CT molecular complexity index is 755. The maximum Gasteiger partial charge on any atom is 0.240 e. The average Bonchev–Trinajstić information content (AvgIpc) is 3.14. The standard InChI is InChI=1S/C19H28N2O4S/c1-14(22)8-10-20-26(24,25)18-7-6-15-9-11-21(13-17(15)12-18)19(23)16-4-2-3-5-16/h6-7,12,14,16,20,22H,2-5,8-11,13H2,1H3/t14-/m1/s1. The van der Waals surface area contributed by atoms with Crippen molar-refractivity contribution in [3.8, 4) is 0 Å². The molecule has 1 aromatic rings. The average molecular weight is 381 g/mol. The smallest absolute Gasteiger partial charge is 0.240 e. The lowest BCUT2D eigenvalue weighted by Gasteiger charge is -2.31. The molecule has 0 unspecified atom stereocenters. The lowest BCUT2D eigenvalue weighted by Crippen LogP contribution is -2.39. The lowest BCUT2D eigenvalue weighted by atomic mass is 9.98. The Hall–Kier alpha value is -1.44. The quantitative estimate of drug-likeness (QED) is 0.788. The summed E-state index contributed by atoms with van der Waals surface area (Å²) in [6.45, 7) is 3.02. The summed E-state index contributed by atoms with van der Waals surface area (Å²) in [7, 11) is -3.61. The molecule has 1 aliphatic heterocycles. The molecule has 0 saturated heterocycles. The molecule has 144 valence electrons.